The van der Waals surface area contributed by atoms with Gasteiger partial charge in [0.25, 0.3) is 0 Å². The van der Waals surface area contributed by atoms with Crippen molar-refractivity contribution < 1.29 is 9.53 Å². The number of carbonyl (C=O) groups is 1. The van der Waals surface area contributed by atoms with Gasteiger partial charge in [-0.15, -0.1) is 10.2 Å². The maximum Gasteiger partial charge on any atom is 0.234 e. The Hall–Kier alpha value is -2.73. The Kier molecular flexibility index (Phi) is 7.67. The van der Waals surface area contributed by atoms with Crippen LogP contribution in [-0.4, -0.2) is 51.7 Å². The van der Waals surface area contributed by atoms with Gasteiger partial charge < -0.3 is 15.0 Å². The van der Waals surface area contributed by atoms with E-state index in [2.05, 4.69) is 26.5 Å². The third-order valence-corrected chi connectivity index (χ3v) is 7.05. The number of rotatable bonds is 8. The van der Waals surface area contributed by atoms with Gasteiger partial charge in [0.1, 0.15) is 11.3 Å². The third kappa shape index (κ3) is 5.01. The van der Waals surface area contributed by atoms with Crippen molar-refractivity contribution in [2.45, 2.75) is 62.9 Å². The molecule has 0 radical (unpaired) electrons. The molecule has 32 heavy (non-hydrogen) atoms. The molecule has 1 aromatic carbocycles. The average molecular weight is 457 g/mol. The van der Waals surface area contributed by atoms with E-state index < -0.39 is 10.8 Å². The number of ether oxygens (including phenoxy) is 1. The van der Waals surface area contributed by atoms with Crippen molar-refractivity contribution in [2.75, 3.05) is 25.1 Å². The zero-order valence-electron chi connectivity index (χ0n) is 19.5. The van der Waals surface area contributed by atoms with Crippen molar-refractivity contribution in [2.24, 2.45) is 5.92 Å². The van der Waals surface area contributed by atoms with Crippen LogP contribution in [0.1, 0.15) is 47.0 Å². The van der Waals surface area contributed by atoms with E-state index in [0.717, 1.165) is 37.6 Å². The van der Waals surface area contributed by atoms with Gasteiger partial charge in [0.15, 0.2) is 5.16 Å². The fourth-order valence-corrected chi connectivity index (χ4v) is 4.39. The maximum absolute atomic E-state index is 12.9. The Morgan fingerprint density at radius 1 is 1.22 bits per heavy atom. The SMILES string of the molecule is COc1ccccc1-n1c(S[C@@H](C)C(=O)N[C@@](C)(C#N)C(C)C)nnc1N1CCCCC1. The summed E-state index contributed by atoms with van der Waals surface area (Å²) in [6, 6.07) is 9.97. The summed E-state index contributed by atoms with van der Waals surface area (Å²) >= 11 is 1.33. The summed E-state index contributed by atoms with van der Waals surface area (Å²) in [6.07, 6.45) is 3.44. The first-order chi connectivity index (χ1) is 15.3. The number of piperidine rings is 1. The molecule has 2 atom stereocenters. The van der Waals surface area contributed by atoms with Crippen LogP contribution in [0.5, 0.6) is 5.75 Å². The van der Waals surface area contributed by atoms with E-state index >= 15 is 0 Å². The number of nitrogens with one attached hydrogen (secondary N) is 1. The fraction of sp³-hybridized carbons (Fsp3) is 0.565. The van der Waals surface area contributed by atoms with E-state index in [4.69, 9.17) is 4.74 Å². The smallest absolute Gasteiger partial charge is 0.234 e. The normalized spacial score (nSPS) is 16.8. The number of nitrogens with zero attached hydrogens (tertiary/aromatic N) is 5. The highest BCUT2D eigenvalue weighted by atomic mass is 32.2. The molecule has 1 saturated heterocycles. The monoisotopic (exact) mass is 456 g/mol. The second-order valence-electron chi connectivity index (χ2n) is 8.56. The molecule has 1 fully saturated rings. The van der Waals surface area contributed by atoms with E-state index in [1.54, 1.807) is 14.0 Å². The molecule has 9 heteroatoms. The Morgan fingerprint density at radius 3 is 2.53 bits per heavy atom. The predicted octanol–water partition coefficient (Wildman–Crippen LogP) is 3.80. The molecule has 0 spiro atoms. The summed E-state index contributed by atoms with van der Waals surface area (Å²) in [5.41, 5.74) is -0.0963. The summed E-state index contributed by atoms with van der Waals surface area (Å²) in [7, 11) is 1.64. The van der Waals surface area contributed by atoms with Crippen LogP contribution in [0.15, 0.2) is 29.4 Å². The number of methoxy groups -OCH3 is 1. The number of hydrogen-bond acceptors (Lipinski definition) is 7. The summed E-state index contributed by atoms with van der Waals surface area (Å²) < 4.78 is 7.58. The van der Waals surface area contributed by atoms with Crippen molar-refractivity contribution in [3.05, 3.63) is 24.3 Å². The average Bonchev–Trinajstić information content (AvgIpc) is 3.22. The number of para-hydroxylation sites is 2. The van der Waals surface area contributed by atoms with Gasteiger partial charge >= 0.3 is 0 Å². The lowest BCUT2D eigenvalue weighted by atomic mass is 9.90. The molecule has 0 unspecified atom stereocenters. The number of nitriles is 1. The molecule has 1 N–H and O–H groups in total. The van der Waals surface area contributed by atoms with E-state index in [-0.39, 0.29) is 11.8 Å². The van der Waals surface area contributed by atoms with Gasteiger partial charge in [0.2, 0.25) is 11.9 Å². The van der Waals surface area contributed by atoms with Gasteiger partial charge in [0, 0.05) is 13.1 Å². The maximum atomic E-state index is 12.9. The number of thioether (sulfide) groups is 1. The number of hydrogen-bond donors (Lipinski definition) is 1. The Balaban J connectivity index is 1.93. The molecule has 1 aliphatic heterocycles. The minimum atomic E-state index is -0.929. The molecule has 1 aliphatic rings. The van der Waals surface area contributed by atoms with Crippen molar-refractivity contribution in [1.29, 1.82) is 5.26 Å². The molecule has 8 nitrogen and oxygen atoms in total. The highest BCUT2D eigenvalue weighted by molar-refractivity contribution is 8.00. The molecular weight excluding hydrogens is 424 g/mol. The number of carbonyl (C=O) groups excluding carboxylic acids is 1. The third-order valence-electron chi connectivity index (χ3n) is 6.00. The molecule has 2 aromatic rings. The van der Waals surface area contributed by atoms with Gasteiger partial charge in [0.05, 0.1) is 24.1 Å². The molecule has 1 amide bonds. The van der Waals surface area contributed by atoms with Gasteiger partial charge in [-0.3, -0.25) is 9.36 Å². The van der Waals surface area contributed by atoms with Crippen molar-refractivity contribution in [1.82, 2.24) is 20.1 Å². The second-order valence-corrected chi connectivity index (χ2v) is 9.86. The standard InChI is InChI=1S/C23H32N6O2S/c1-16(2)23(4,15-24)25-20(30)17(3)32-22-27-26-21(28-13-9-6-10-14-28)29(22)18-11-7-8-12-19(18)31-5/h7-8,11-12,16-17H,6,9-10,13-14H2,1-5H3,(H,25,30)/t17-,23-/m0/s1. The lowest BCUT2D eigenvalue weighted by molar-refractivity contribution is -0.121. The van der Waals surface area contributed by atoms with Crippen LogP contribution < -0.4 is 15.0 Å². The second kappa shape index (κ2) is 10.3. The van der Waals surface area contributed by atoms with Crippen LogP contribution in [0, 0.1) is 17.2 Å². The van der Waals surface area contributed by atoms with Gasteiger partial charge in [-0.2, -0.15) is 5.26 Å². The summed E-state index contributed by atoms with van der Waals surface area (Å²) in [5, 5.41) is 21.6. The molecule has 2 heterocycles. The first-order valence-corrected chi connectivity index (χ1v) is 11.9. The van der Waals surface area contributed by atoms with E-state index in [1.807, 2.05) is 49.6 Å². The zero-order valence-corrected chi connectivity index (χ0v) is 20.3. The summed E-state index contributed by atoms with van der Waals surface area (Å²) in [6.45, 7) is 9.25. The van der Waals surface area contributed by atoms with Crippen molar-refractivity contribution >= 4 is 23.6 Å². The number of anilines is 1. The summed E-state index contributed by atoms with van der Waals surface area (Å²) in [5.74, 6) is 1.24. The van der Waals surface area contributed by atoms with Crippen molar-refractivity contribution in [3.8, 4) is 17.5 Å². The number of benzene rings is 1. The Labute approximate surface area is 194 Å². The van der Waals surface area contributed by atoms with Crippen molar-refractivity contribution in [3.63, 3.8) is 0 Å². The molecule has 3 rings (SSSR count). The van der Waals surface area contributed by atoms with Gasteiger partial charge in [-0.1, -0.05) is 37.7 Å². The lowest BCUT2D eigenvalue weighted by Crippen LogP contribution is -2.51. The minimum Gasteiger partial charge on any atom is -0.495 e. The topological polar surface area (TPSA) is 96.1 Å². The minimum absolute atomic E-state index is 0.0170. The van der Waals surface area contributed by atoms with E-state index in [0.29, 0.717) is 10.9 Å². The molecular formula is C23H32N6O2S. The lowest BCUT2D eigenvalue weighted by Gasteiger charge is -2.29. The van der Waals surface area contributed by atoms with Crippen LogP contribution in [-0.2, 0) is 4.79 Å². The number of amides is 1. The Morgan fingerprint density at radius 2 is 1.91 bits per heavy atom. The molecule has 0 saturated carbocycles. The van der Waals surface area contributed by atoms with Gasteiger partial charge in [-0.25, -0.2) is 0 Å². The van der Waals surface area contributed by atoms with Crippen LogP contribution in [0.2, 0.25) is 0 Å². The van der Waals surface area contributed by atoms with Crippen LogP contribution in [0.4, 0.5) is 5.95 Å². The molecule has 0 aliphatic carbocycles. The largest absolute Gasteiger partial charge is 0.495 e. The Bertz CT molecular complexity index is 979. The first-order valence-electron chi connectivity index (χ1n) is 11.0. The van der Waals surface area contributed by atoms with Crippen LogP contribution in [0.3, 0.4) is 0 Å². The zero-order chi connectivity index (χ0) is 23.3. The highest BCUT2D eigenvalue weighted by Crippen LogP contribution is 2.34. The van der Waals surface area contributed by atoms with Gasteiger partial charge in [-0.05, 0) is 51.2 Å². The van der Waals surface area contributed by atoms with E-state index in [1.165, 1.54) is 18.2 Å². The molecule has 172 valence electrons. The molecule has 1 aromatic heterocycles. The first kappa shape index (κ1) is 23.9. The van der Waals surface area contributed by atoms with Crippen LogP contribution >= 0.6 is 11.8 Å². The summed E-state index contributed by atoms with van der Waals surface area (Å²) in [4.78, 5) is 15.2. The fourth-order valence-electron chi connectivity index (χ4n) is 3.53. The van der Waals surface area contributed by atoms with Crippen LogP contribution in [0.25, 0.3) is 5.69 Å². The highest BCUT2D eigenvalue weighted by Gasteiger charge is 2.33. The predicted molar refractivity (Wildman–Crippen MR) is 126 cm³/mol. The quantitative estimate of drug-likeness (QED) is 0.604. The number of aromatic nitrogens is 3. The van der Waals surface area contributed by atoms with E-state index in [9.17, 15) is 10.1 Å². The molecule has 0 bridgehead atoms.